The second-order valence-corrected chi connectivity index (χ2v) is 12.6. The standard InChI is InChI=1S/C20H20FN3OS.C12H10ClF2N3S/c1-14(12-26)15-4-6-16(7-5-15)19-22-13-24(23-19)17-8-10-18(11-9-17)25-20(2,3)21;1-12(15)7-3-2-6(13)4-8(7)18-9(10(12)14)5-19-11(18)17-16/h4-14H,1-3H3;2-4H,5,16H2,1H3/b;17-11-. The molecule has 4 aromatic rings. The Kier molecular flexibility index (Phi) is 9.29. The molecule has 0 radical (unpaired) electrons. The highest BCUT2D eigenvalue weighted by Gasteiger charge is 2.46. The van der Waals surface area contributed by atoms with E-state index in [-0.39, 0.29) is 17.2 Å². The van der Waals surface area contributed by atoms with E-state index >= 15 is 0 Å². The Morgan fingerprint density at radius 3 is 2.47 bits per heavy atom. The number of nitrogens with zero attached hydrogens (tertiary/aromatic N) is 5. The van der Waals surface area contributed by atoms with E-state index in [1.807, 2.05) is 36.4 Å². The topological polar surface area (TPSA) is 81.6 Å². The van der Waals surface area contributed by atoms with Crippen LogP contribution >= 0.6 is 35.6 Å². The lowest BCUT2D eigenvalue weighted by Gasteiger charge is -2.34. The highest BCUT2D eigenvalue weighted by atomic mass is 35.5. The fourth-order valence-electron chi connectivity index (χ4n) is 4.84. The molecule has 234 valence electrons. The molecule has 7 nitrogen and oxygen atoms in total. The van der Waals surface area contributed by atoms with Crippen molar-refractivity contribution in [3.8, 4) is 22.8 Å². The lowest BCUT2D eigenvalue weighted by molar-refractivity contribution is -0.0257. The molecule has 1 saturated heterocycles. The minimum Gasteiger partial charge on any atom is -0.459 e. The van der Waals surface area contributed by atoms with E-state index in [0.717, 1.165) is 16.8 Å². The molecule has 0 amide bonds. The fraction of sp³-hybridized carbons (Fsp3) is 0.250. The van der Waals surface area contributed by atoms with Gasteiger partial charge in [-0.3, -0.25) is 4.90 Å². The second-order valence-electron chi connectivity index (χ2n) is 11.0. The largest absolute Gasteiger partial charge is 0.459 e. The van der Waals surface area contributed by atoms with Crippen molar-refractivity contribution >= 4 is 51.8 Å². The minimum absolute atomic E-state index is 0.224. The number of hydrogen-bond donors (Lipinski definition) is 1. The van der Waals surface area contributed by atoms with Gasteiger partial charge in [-0.25, -0.2) is 18.4 Å². The lowest BCUT2D eigenvalue weighted by atomic mass is 9.90. The number of aromatic nitrogens is 3. The van der Waals surface area contributed by atoms with Gasteiger partial charge in [0.05, 0.1) is 17.1 Å². The number of rotatable bonds is 6. The molecule has 2 aliphatic rings. The van der Waals surface area contributed by atoms with E-state index in [0.29, 0.717) is 33.2 Å². The summed E-state index contributed by atoms with van der Waals surface area (Å²) in [5.74, 6) is 4.42. The van der Waals surface area contributed by atoms with Crippen LogP contribution in [0.1, 0.15) is 44.7 Å². The Balaban J connectivity index is 0.000000186. The summed E-state index contributed by atoms with van der Waals surface area (Å²) in [6, 6.07) is 19.7. The van der Waals surface area contributed by atoms with Crippen molar-refractivity contribution in [3.63, 3.8) is 0 Å². The van der Waals surface area contributed by atoms with Crippen molar-refractivity contribution in [1.29, 1.82) is 0 Å². The smallest absolute Gasteiger partial charge is 0.242 e. The second kappa shape index (κ2) is 12.9. The van der Waals surface area contributed by atoms with Crippen LogP contribution in [-0.4, -0.2) is 36.9 Å². The van der Waals surface area contributed by atoms with Crippen LogP contribution in [0.4, 0.5) is 18.9 Å². The maximum atomic E-state index is 14.7. The first-order valence-electron chi connectivity index (χ1n) is 13.9. The van der Waals surface area contributed by atoms with Crippen LogP contribution in [0.2, 0.25) is 5.02 Å². The Hall–Kier alpha value is -3.87. The van der Waals surface area contributed by atoms with Crippen LogP contribution in [-0.2, 0) is 5.67 Å². The number of benzene rings is 3. The molecule has 2 atom stereocenters. The van der Waals surface area contributed by atoms with Crippen molar-refractivity contribution in [3.05, 3.63) is 101 Å². The van der Waals surface area contributed by atoms with Crippen LogP contribution in [0.3, 0.4) is 0 Å². The number of thioether (sulfide) groups is 1. The van der Waals surface area contributed by atoms with Crippen LogP contribution in [0.5, 0.6) is 5.75 Å². The first kappa shape index (κ1) is 32.5. The molecule has 6 rings (SSSR count). The number of anilines is 1. The summed E-state index contributed by atoms with van der Waals surface area (Å²) in [5, 5.41) is 10.8. The van der Waals surface area contributed by atoms with Crippen LogP contribution in [0, 0.1) is 0 Å². The maximum absolute atomic E-state index is 14.7. The summed E-state index contributed by atoms with van der Waals surface area (Å²) in [5.41, 5.74) is 1.71. The summed E-state index contributed by atoms with van der Waals surface area (Å²) in [6.45, 7) is 6.00. The Labute approximate surface area is 273 Å². The zero-order valence-electron chi connectivity index (χ0n) is 24.8. The van der Waals surface area contributed by atoms with Crippen molar-refractivity contribution in [2.24, 2.45) is 10.9 Å². The number of hydrogen-bond acceptors (Lipinski definition) is 7. The van der Waals surface area contributed by atoms with Crippen molar-refractivity contribution in [1.82, 2.24) is 14.8 Å². The summed E-state index contributed by atoms with van der Waals surface area (Å²) in [6.07, 6.45) is 1.65. The highest BCUT2D eigenvalue weighted by Crippen LogP contribution is 2.51. The number of allylic oxidation sites excluding steroid dienone is 1. The molecule has 2 aliphatic heterocycles. The van der Waals surface area contributed by atoms with E-state index in [9.17, 15) is 13.2 Å². The molecule has 2 unspecified atom stereocenters. The van der Waals surface area contributed by atoms with Gasteiger partial charge in [0, 0.05) is 41.7 Å². The first-order valence-corrected chi connectivity index (χ1v) is 15.7. The Morgan fingerprint density at radius 1 is 1.16 bits per heavy atom. The summed E-state index contributed by atoms with van der Waals surface area (Å²) in [4.78, 5) is 5.90. The van der Waals surface area contributed by atoms with E-state index in [1.165, 1.54) is 43.5 Å². The van der Waals surface area contributed by atoms with Crippen LogP contribution < -0.4 is 15.5 Å². The van der Waals surface area contributed by atoms with Crippen molar-refractivity contribution in [2.45, 2.75) is 45.1 Å². The molecular formula is C32H30ClF3N6OS2. The third-order valence-electron chi connectivity index (χ3n) is 7.13. The SMILES string of the molecule is CC(C=S)c1ccc(-c2ncn(-c3ccc(OC(C)(C)F)cc3)n2)cc1.CC1(F)C(F)=C2CS/C(=N\N)N2c2cc(Cl)ccc21. The molecule has 13 heteroatoms. The molecule has 3 aromatic carbocycles. The number of fused-ring (bicyclic) bond motifs is 3. The average molecular weight is 671 g/mol. The van der Waals surface area contributed by atoms with Gasteiger partial charge in [-0.2, -0.15) is 9.49 Å². The summed E-state index contributed by atoms with van der Waals surface area (Å²) in [7, 11) is 0. The summed E-state index contributed by atoms with van der Waals surface area (Å²) >= 11 is 12.2. The molecule has 2 N–H and O–H groups in total. The van der Waals surface area contributed by atoms with E-state index in [2.05, 4.69) is 22.1 Å². The molecule has 0 saturated carbocycles. The van der Waals surface area contributed by atoms with Crippen molar-refractivity contribution < 1.29 is 17.9 Å². The molecule has 45 heavy (non-hydrogen) atoms. The zero-order valence-corrected chi connectivity index (χ0v) is 27.2. The summed E-state index contributed by atoms with van der Waals surface area (Å²) < 4.78 is 49.4. The van der Waals surface area contributed by atoms with Gasteiger partial charge in [-0.15, -0.1) is 5.10 Å². The predicted octanol–water partition coefficient (Wildman–Crippen LogP) is 8.62. The van der Waals surface area contributed by atoms with E-state index in [1.54, 1.807) is 40.6 Å². The van der Waals surface area contributed by atoms with Gasteiger partial charge in [0.25, 0.3) is 0 Å². The van der Waals surface area contributed by atoms with Gasteiger partial charge in [0.1, 0.15) is 12.1 Å². The monoisotopic (exact) mass is 670 g/mol. The fourth-order valence-corrected chi connectivity index (χ4v) is 6.10. The van der Waals surface area contributed by atoms with Gasteiger partial charge >= 0.3 is 0 Å². The lowest BCUT2D eigenvalue weighted by Crippen LogP contribution is -2.34. The minimum atomic E-state index is -2.16. The quantitative estimate of drug-likeness (QED) is 0.125. The van der Waals surface area contributed by atoms with Crippen LogP contribution in [0.25, 0.3) is 17.1 Å². The van der Waals surface area contributed by atoms with Crippen LogP contribution in [0.15, 0.2) is 89.7 Å². The third-order valence-corrected chi connectivity index (χ3v) is 8.74. The first-order chi connectivity index (χ1) is 21.3. The maximum Gasteiger partial charge on any atom is 0.242 e. The predicted molar refractivity (Wildman–Crippen MR) is 179 cm³/mol. The molecule has 1 aromatic heterocycles. The Morgan fingerprint density at radius 2 is 1.84 bits per heavy atom. The number of ether oxygens (including phenoxy) is 1. The van der Waals surface area contributed by atoms with Crippen molar-refractivity contribution in [2.75, 3.05) is 10.7 Å². The molecule has 0 spiro atoms. The van der Waals surface area contributed by atoms with Gasteiger partial charge in [-0.05, 0) is 54.3 Å². The molecule has 1 fully saturated rings. The number of thiocarbonyl (C=S) groups is 1. The number of halogens is 4. The normalized spacial score (nSPS) is 19.0. The zero-order chi connectivity index (χ0) is 32.5. The van der Waals surface area contributed by atoms with Gasteiger partial charge < -0.3 is 10.6 Å². The number of nitrogens with two attached hydrogens (primary N) is 1. The van der Waals surface area contributed by atoms with E-state index < -0.39 is 17.4 Å². The number of hydrazone groups is 1. The van der Waals surface area contributed by atoms with E-state index in [4.69, 9.17) is 34.4 Å². The average Bonchev–Trinajstić information content (AvgIpc) is 3.68. The molecule has 3 heterocycles. The van der Waals surface area contributed by atoms with Gasteiger partial charge in [0.15, 0.2) is 22.5 Å². The van der Waals surface area contributed by atoms with Gasteiger partial charge in [-0.1, -0.05) is 72.8 Å². The third kappa shape index (κ3) is 6.87. The molecule has 0 bridgehead atoms. The molecular weight excluding hydrogens is 641 g/mol. The molecule has 0 aliphatic carbocycles. The Bertz CT molecular complexity index is 1770. The number of amidine groups is 1. The van der Waals surface area contributed by atoms with Gasteiger partial charge in [0.2, 0.25) is 5.85 Å². The highest BCUT2D eigenvalue weighted by molar-refractivity contribution is 8.14. The number of alkyl halides is 2.